The minimum absolute atomic E-state index is 0.0496. The average Bonchev–Trinajstić information content (AvgIpc) is 3.20. The Hall–Kier alpha value is -2.38. The maximum Gasteiger partial charge on any atom is 0.243 e. The third-order valence-electron chi connectivity index (χ3n) is 6.09. The molecule has 0 aliphatic carbocycles. The zero-order valence-electron chi connectivity index (χ0n) is 17.2. The molecule has 0 radical (unpaired) electrons. The molecule has 2 aromatic rings. The van der Waals surface area contributed by atoms with E-state index in [0.29, 0.717) is 37.4 Å². The number of nitrogens with one attached hydrogen (secondary N) is 1. The smallest absolute Gasteiger partial charge is 0.243 e. The Morgan fingerprint density at radius 2 is 1.67 bits per heavy atom. The van der Waals surface area contributed by atoms with Crippen LogP contribution in [0.5, 0.6) is 0 Å². The molecular weight excluding hydrogens is 398 g/mol. The summed E-state index contributed by atoms with van der Waals surface area (Å²) in [4.78, 5) is 15.2. The number of carbonyl (C=O) groups is 1. The third-order valence-corrected chi connectivity index (χ3v) is 8.01. The largest absolute Gasteiger partial charge is 0.371 e. The van der Waals surface area contributed by atoms with Crippen LogP contribution in [0.25, 0.3) is 0 Å². The van der Waals surface area contributed by atoms with Crippen LogP contribution in [0.1, 0.15) is 24.8 Å². The minimum atomic E-state index is -3.47. The van der Waals surface area contributed by atoms with Gasteiger partial charge in [-0.1, -0.05) is 36.4 Å². The molecule has 0 spiro atoms. The fourth-order valence-electron chi connectivity index (χ4n) is 4.36. The van der Waals surface area contributed by atoms with E-state index in [1.165, 1.54) is 15.6 Å². The van der Waals surface area contributed by atoms with Crippen LogP contribution >= 0.6 is 0 Å². The Labute approximate surface area is 178 Å². The molecule has 0 saturated carbocycles. The average molecular weight is 428 g/mol. The van der Waals surface area contributed by atoms with Gasteiger partial charge < -0.3 is 10.2 Å². The Morgan fingerprint density at radius 1 is 0.967 bits per heavy atom. The van der Waals surface area contributed by atoms with Crippen LogP contribution in [-0.2, 0) is 21.2 Å². The molecule has 1 fully saturated rings. The molecule has 2 aromatic carbocycles. The van der Waals surface area contributed by atoms with Gasteiger partial charge in [-0.15, -0.1) is 0 Å². The molecule has 1 saturated heterocycles. The van der Waals surface area contributed by atoms with Crippen LogP contribution in [0, 0.1) is 5.92 Å². The quantitative estimate of drug-likeness (QED) is 0.690. The second kappa shape index (κ2) is 9.18. The van der Waals surface area contributed by atoms with Gasteiger partial charge in [-0.2, -0.15) is 4.31 Å². The topological polar surface area (TPSA) is 69.7 Å². The van der Waals surface area contributed by atoms with Gasteiger partial charge in [0, 0.05) is 44.3 Å². The Bertz CT molecular complexity index is 970. The fraction of sp³-hybridized carbons (Fsp3) is 0.435. The van der Waals surface area contributed by atoms with Crippen LogP contribution in [0.2, 0.25) is 0 Å². The van der Waals surface area contributed by atoms with Crippen LogP contribution in [0.15, 0.2) is 59.5 Å². The van der Waals surface area contributed by atoms with E-state index in [1.807, 2.05) is 0 Å². The van der Waals surface area contributed by atoms with Gasteiger partial charge in [0.25, 0.3) is 0 Å². The molecule has 0 aromatic heterocycles. The molecule has 2 aliphatic rings. The Balaban J connectivity index is 1.20. The molecule has 1 N–H and O–H groups in total. The molecule has 0 bridgehead atoms. The summed E-state index contributed by atoms with van der Waals surface area (Å²) in [6.45, 7) is 3.41. The van der Waals surface area contributed by atoms with Gasteiger partial charge in [0.2, 0.25) is 15.9 Å². The van der Waals surface area contributed by atoms with Crippen molar-refractivity contribution in [1.82, 2.24) is 9.62 Å². The highest BCUT2D eigenvalue weighted by molar-refractivity contribution is 7.89. The number of hydrogen-bond acceptors (Lipinski definition) is 4. The number of rotatable bonds is 7. The van der Waals surface area contributed by atoms with E-state index in [1.54, 1.807) is 30.3 Å². The maximum atomic E-state index is 12.7. The lowest BCUT2D eigenvalue weighted by Gasteiger charge is -2.30. The highest BCUT2D eigenvalue weighted by atomic mass is 32.2. The van der Waals surface area contributed by atoms with Gasteiger partial charge in [-0.05, 0) is 49.4 Å². The Morgan fingerprint density at radius 3 is 2.43 bits per heavy atom. The second-order valence-electron chi connectivity index (χ2n) is 8.00. The van der Waals surface area contributed by atoms with E-state index in [4.69, 9.17) is 0 Å². The lowest BCUT2D eigenvalue weighted by Crippen LogP contribution is -2.43. The number of sulfonamides is 1. The van der Waals surface area contributed by atoms with Crippen LogP contribution in [0.4, 0.5) is 5.69 Å². The van der Waals surface area contributed by atoms with Crippen molar-refractivity contribution in [3.63, 3.8) is 0 Å². The zero-order valence-corrected chi connectivity index (χ0v) is 18.0. The molecule has 4 rings (SSSR count). The Kier molecular flexibility index (Phi) is 6.39. The van der Waals surface area contributed by atoms with Crippen molar-refractivity contribution in [3.05, 3.63) is 60.2 Å². The maximum absolute atomic E-state index is 12.7. The first-order valence-corrected chi connectivity index (χ1v) is 12.2. The molecule has 1 amide bonds. The van der Waals surface area contributed by atoms with E-state index in [-0.39, 0.29) is 11.8 Å². The normalized spacial score (nSPS) is 17.7. The monoisotopic (exact) mass is 427 g/mol. The van der Waals surface area contributed by atoms with Crippen molar-refractivity contribution >= 4 is 21.6 Å². The molecule has 2 heterocycles. The number of benzene rings is 2. The summed E-state index contributed by atoms with van der Waals surface area (Å²) < 4.78 is 26.9. The summed E-state index contributed by atoms with van der Waals surface area (Å²) in [5, 5.41) is 3.05. The SMILES string of the molecule is O=C(NCCCN1CCc2ccccc21)C1CCN(S(=O)(=O)c2ccccc2)CC1. The molecule has 30 heavy (non-hydrogen) atoms. The lowest BCUT2D eigenvalue weighted by molar-refractivity contribution is -0.126. The molecular formula is C23H29N3O3S. The summed E-state index contributed by atoms with van der Waals surface area (Å²) >= 11 is 0. The number of anilines is 1. The van der Waals surface area contributed by atoms with E-state index < -0.39 is 10.0 Å². The lowest BCUT2D eigenvalue weighted by atomic mass is 9.97. The predicted octanol–water partition coefficient (Wildman–Crippen LogP) is 2.66. The number of hydrogen-bond donors (Lipinski definition) is 1. The number of piperidine rings is 1. The van der Waals surface area contributed by atoms with Crippen molar-refractivity contribution in [3.8, 4) is 0 Å². The van der Waals surface area contributed by atoms with E-state index in [0.717, 1.165) is 25.9 Å². The highest BCUT2D eigenvalue weighted by Gasteiger charge is 2.31. The number of carbonyl (C=O) groups excluding carboxylic acids is 1. The molecule has 6 nitrogen and oxygen atoms in total. The van der Waals surface area contributed by atoms with E-state index in [9.17, 15) is 13.2 Å². The first kappa shape index (κ1) is 20.9. The predicted molar refractivity (Wildman–Crippen MR) is 118 cm³/mol. The molecule has 0 unspecified atom stereocenters. The van der Waals surface area contributed by atoms with Gasteiger partial charge >= 0.3 is 0 Å². The van der Waals surface area contributed by atoms with Crippen molar-refractivity contribution in [2.45, 2.75) is 30.6 Å². The zero-order chi connectivity index (χ0) is 21.0. The van der Waals surface area contributed by atoms with E-state index >= 15 is 0 Å². The van der Waals surface area contributed by atoms with Crippen molar-refractivity contribution in [2.75, 3.05) is 37.6 Å². The van der Waals surface area contributed by atoms with Gasteiger partial charge in [0.15, 0.2) is 0 Å². The number of amides is 1. The van der Waals surface area contributed by atoms with Crippen LogP contribution in [-0.4, -0.2) is 51.4 Å². The van der Waals surface area contributed by atoms with Gasteiger partial charge in [-0.25, -0.2) is 8.42 Å². The van der Waals surface area contributed by atoms with Gasteiger partial charge in [0.05, 0.1) is 4.90 Å². The summed E-state index contributed by atoms with van der Waals surface area (Å²) in [7, 11) is -3.47. The van der Waals surface area contributed by atoms with Crippen LogP contribution < -0.4 is 10.2 Å². The fourth-order valence-corrected chi connectivity index (χ4v) is 5.86. The first-order valence-electron chi connectivity index (χ1n) is 10.7. The molecule has 160 valence electrons. The standard InChI is InChI=1S/C23H29N3O3S/c27-23(24-14-6-15-25-16-11-19-7-4-5-10-22(19)25)20-12-17-26(18-13-20)30(28,29)21-8-2-1-3-9-21/h1-5,7-10,20H,6,11-18H2,(H,24,27). The van der Waals surface area contributed by atoms with Crippen molar-refractivity contribution < 1.29 is 13.2 Å². The first-order chi connectivity index (χ1) is 14.6. The van der Waals surface area contributed by atoms with Gasteiger partial charge in [0.1, 0.15) is 0 Å². The molecule has 7 heteroatoms. The number of nitrogens with zero attached hydrogens (tertiary/aromatic N) is 2. The van der Waals surface area contributed by atoms with Crippen molar-refractivity contribution in [1.29, 1.82) is 0 Å². The van der Waals surface area contributed by atoms with Crippen molar-refractivity contribution in [2.24, 2.45) is 5.92 Å². The van der Waals surface area contributed by atoms with E-state index in [2.05, 4.69) is 34.5 Å². The highest BCUT2D eigenvalue weighted by Crippen LogP contribution is 2.27. The molecule has 0 atom stereocenters. The van der Waals surface area contributed by atoms with Crippen LogP contribution in [0.3, 0.4) is 0 Å². The summed E-state index contributed by atoms with van der Waals surface area (Å²) in [5.74, 6) is -0.0617. The molecule has 2 aliphatic heterocycles. The van der Waals surface area contributed by atoms with Gasteiger partial charge in [-0.3, -0.25) is 4.79 Å². The third kappa shape index (κ3) is 4.52. The second-order valence-corrected chi connectivity index (χ2v) is 9.94. The summed E-state index contributed by atoms with van der Waals surface area (Å²) in [6.07, 6.45) is 3.13. The number of para-hydroxylation sites is 1. The minimum Gasteiger partial charge on any atom is -0.371 e. The summed E-state index contributed by atoms with van der Waals surface area (Å²) in [6, 6.07) is 17.0. The summed E-state index contributed by atoms with van der Waals surface area (Å²) in [5.41, 5.74) is 2.72. The number of fused-ring (bicyclic) bond motifs is 1.